The van der Waals surface area contributed by atoms with E-state index < -0.39 is 17.6 Å². The molecular weight excluding hydrogens is 409 g/mol. The average molecular weight is 434 g/mol. The molecule has 2 aromatic carbocycles. The summed E-state index contributed by atoms with van der Waals surface area (Å²) in [6, 6.07) is 12.4. The zero-order chi connectivity index (χ0) is 22.4. The number of carbonyl (C=O) groups is 2. The van der Waals surface area contributed by atoms with Gasteiger partial charge >= 0.3 is 6.18 Å². The summed E-state index contributed by atoms with van der Waals surface area (Å²) in [6.45, 7) is 3.39. The molecule has 0 atom stereocenters. The maximum absolute atomic E-state index is 13.2. The van der Waals surface area contributed by atoms with Crippen LogP contribution < -0.4 is 4.74 Å². The first-order valence-corrected chi connectivity index (χ1v) is 10.2. The van der Waals surface area contributed by atoms with E-state index in [9.17, 15) is 22.8 Å². The molecule has 0 saturated carbocycles. The predicted molar refractivity (Wildman–Crippen MR) is 110 cm³/mol. The number of aryl methyl sites for hydroxylation is 1. The third kappa shape index (κ3) is 5.77. The largest absolute Gasteiger partial charge is 0.493 e. The molecule has 8 heteroatoms. The SMILES string of the molecule is Cc1ccccc1OCCCC(=O)N1CCN(C(=O)c2ccccc2C(F)(F)F)CC1. The second-order valence-electron chi connectivity index (χ2n) is 7.43. The molecule has 2 amide bonds. The minimum Gasteiger partial charge on any atom is -0.493 e. The molecule has 0 unspecified atom stereocenters. The fraction of sp³-hybridized carbons (Fsp3) is 0.391. The molecule has 5 nitrogen and oxygen atoms in total. The van der Waals surface area contributed by atoms with Crippen LogP contribution in [0.5, 0.6) is 5.75 Å². The molecule has 166 valence electrons. The number of rotatable bonds is 6. The van der Waals surface area contributed by atoms with E-state index in [-0.39, 0.29) is 24.6 Å². The third-order valence-corrected chi connectivity index (χ3v) is 5.27. The van der Waals surface area contributed by atoms with Gasteiger partial charge in [0.15, 0.2) is 0 Å². The number of para-hydroxylation sites is 1. The fourth-order valence-corrected chi connectivity index (χ4v) is 3.53. The molecule has 1 aliphatic rings. The van der Waals surface area contributed by atoms with Crippen molar-refractivity contribution < 1.29 is 27.5 Å². The Morgan fingerprint density at radius 2 is 1.55 bits per heavy atom. The van der Waals surface area contributed by atoms with Gasteiger partial charge in [-0.05, 0) is 37.1 Å². The van der Waals surface area contributed by atoms with E-state index in [1.165, 1.54) is 23.1 Å². The van der Waals surface area contributed by atoms with Crippen LogP contribution in [-0.4, -0.2) is 54.4 Å². The van der Waals surface area contributed by atoms with Crippen LogP contribution in [0.15, 0.2) is 48.5 Å². The van der Waals surface area contributed by atoms with Crippen molar-refractivity contribution in [3.05, 3.63) is 65.2 Å². The van der Waals surface area contributed by atoms with Gasteiger partial charge in [0.25, 0.3) is 5.91 Å². The van der Waals surface area contributed by atoms with Gasteiger partial charge in [-0.2, -0.15) is 13.2 Å². The van der Waals surface area contributed by atoms with Crippen molar-refractivity contribution in [3.8, 4) is 5.75 Å². The van der Waals surface area contributed by atoms with E-state index in [2.05, 4.69) is 0 Å². The van der Waals surface area contributed by atoms with Gasteiger partial charge in [0.2, 0.25) is 5.91 Å². The molecule has 1 aliphatic heterocycles. The number of benzene rings is 2. The molecule has 0 N–H and O–H groups in total. The summed E-state index contributed by atoms with van der Waals surface area (Å²) in [7, 11) is 0. The molecule has 1 fully saturated rings. The minimum absolute atomic E-state index is 0.0452. The predicted octanol–water partition coefficient (Wildman–Crippen LogP) is 4.16. The first-order chi connectivity index (χ1) is 14.8. The summed E-state index contributed by atoms with van der Waals surface area (Å²) >= 11 is 0. The van der Waals surface area contributed by atoms with E-state index in [0.717, 1.165) is 17.4 Å². The molecule has 3 rings (SSSR count). The number of amides is 2. The highest BCUT2D eigenvalue weighted by Crippen LogP contribution is 2.32. The van der Waals surface area contributed by atoms with Crippen molar-refractivity contribution in [1.29, 1.82) is 0 Å². The Morgan fingerprint density at radius 1 is 0.935 bits per heavy atom. The summed E-state index contributed by atoms with van der Waals surface area (Å²) in [4.78, 5) is 28.1. The monoisotopic (exact) mass is 434 g/mol. The number of hydrogen-bond acceptors (Lipinski definition) is 3. The van der Waals surface area contributed by atoms with Crippen LogP contribution in [0.25, 0.3) is 0 Å². The van der Waals surface area contributed by atoms with Crippen molar-refractivity contribution in [2.45, 2.75) is 25.9 Å². The maximum Gasteiger partial charge on any atom is 0.417 e. The van der Waals surface area contributed by atoms with Gasteiger partial charge in [0.1, 0.15) is 5.75 Å². The van der Waals surface area contributed by atoms with Crippen molar-refractivity contribution in [2.75, 3.05) is 32.8 Å². The zero-order valence-corrected chi connectivity index (χ0v) is 17.3. The minimum atomic E-state index is -4.59. The molecule has 1 heterocycles. The number of carbonyl (C=O) groups excluding carboxylic acids is 2. The summed E-state index contributed by atoms with van der Waals surface area (Å²) in [5.41, 5.74) is -0.267. The van der Waals surface area contributed by atoms with Gasteiger partial charge in [-0.25, -0.2) is 0 Å². The number of hydrogen-bond donors (Lipinski definition) is 0. The van der Waals surface area contributed by atoms with E-state index in [4.69, 9.17) is 4.74 Å². The Kier molecular flexibility index (Phi) is 7.20. The second kappa shape index (κ2) is 9.85. The van der Waals surface area contributed by atoms with E-state index in [0.29, 0.717) is 32.5 Å². The van der Waals surface area contributed by atoms with Gasteiger partial charge in [-0.15, -0.1) is 0 Å². The van der Waals surface area contributed by atoms with Crippen LogP contribution in [0.3, 0.4) is 0 Å². The van der Waals surface area contributed by atoms with Crippen molar-refractivity contribution in [3.63, 3.8) is 0 Å². The highest BCUT2D eigenvalue weighted by atomic mass is 19.4. The van der Waals surface area contributed by atoms with Gasteiger partial charge < -0.3 is 14.5 Å². The molecule has 0 aromatic heterocycles. The van der Waals surface area contributed by atoms with Crippen LogP contribution >= 0.6 is 0 Å². The number of nitrogens with zero attached hydrogens (tertiary/aromatic N) is 2. The topological polar surface area (TPSA) is 49.9 Å². The van der Waals surface area contributed by atoms with Crippen molar-refractivity contribution in [2.24, 2.45) is 0 Å². The maximum atomic E-state index is 13.2. The van der Waals surface area contributed by atoms with Gasteiger partial charge in [0, 0.05) is 32.6 Å². The number of alkyl halides is 3. The Bertz CT molecular complexity index is 922. The normalized spacial score (nSPS) is 14.5. The van der Waals surface area contributed by atoms with Gasteiger partial charge in [-0.3, -0.25) is 9.59 Å². The summed E-state index contributed by atoms with van der Waals surface area (Å²) < 4.78 is 45.3. The van der Waals surface area contributed by atoms with E-state index in [1.54, 1.807) is 4.90 Å². The molecule has 0 radical (unpaired) electrons. The van der Waals surface area contributed by atoms with Crippen LogP contribution in [0.2, 0.25) is 0 Å². The van der Waals surface area contributed by atoms with Gasteiger partial charge in [0.05, 0.1) is 17.7 Å². The highest BCUT2D eigenvalue weighted by molar-refractivity contribution is 5.96. The number of ether oxygens (including phenoxy) is 1. The molecular formula is C23H25F3N2O3. The third-order valence-electron chi connectivity index (χ3n) is 5.27. The van der Waals surface area contributed by atoms with Gasteiger partial charge in [-0.1, -0.05) is 30.3 Å². The van der Waals surface area contributed by atoms with Crippen LogP contribution in [0.4, 0.5) is 13.2 Å². The Balaban J connectivity index is 1.47. The number of piperazine rings is 1. The molecule has 0 bridgehead atoms. The standard InChI is InChI=1S/C23H25F3N2O3/c1-17-7-2-5-10-20(17)31-16-6-11-21(29)27-12-14-28(15-13-27)22(30)18-8-3-4-9-19(18)23(24,25)26/h2-5,7-10H,6,11-16H2,1H3. The second-order valence-corrected chi connectivity index (χ2v) is 7.43. The Morgan fingerprint density at radius 3 is 2.23 bits per heavy atom. The quantitative estimate of drug-likeness (QED) is 0.642. The number of halogens is 3. The van der Waals surface area contributed by atoms with Crippen LogP contribution in [0, 0.1) is 6.92 Å². The molecule has 1 saturated heterocycles. The summed E-state index contributed by atoms with van der Waals surface area (Å²) in [5, 5.41) is 0. The molecule has 31 heavy (non-hydrogen) atoms. The first kappa shape index (κ1) is 22.7. The summed E-state index contributed by atoms with van der Waals surface area (Å²) in [5.74, 6) is 0.0871. The molecule has 2 aromatic rings. The Labute approximate surface area is 179 Å². The lowest BCUT2D eigenvalue weighted by molar-refractivity contribution is -0.138. The lowest BCUT2D eigenvalue weighted by Crippen LogP contribution is -2.50. The smallest absolute Gasteiger partial charge is 0.417 e. The van der Waals surface area contributed by atoms with E-state index >= 15 is 0 Å². The Hall–Kier alpha value is -3.03. The molecule has 0 aliphatic carbocycles. The molecule has 0 spiro atoms. The zero-order valence-electron chi connectivity index (χ0n) is 17.3. The summed E-state index contributed by atoms with van der Waals surface area (Å²) in [6.07, 6.45) is -3.72. The first-order valence-electron chi connectivity index (χ1n) is 10.2. The lowest BCUT2D eigenvalue weighted by Gasteiger charge is -2.35. The van der Waals surface area contributed by atoms with Crippen LogP contribution in [-0.2, 0) is 11.0 Å². The van der Waals surface area contributed by atoms with Crippen molar-refractivity contribution in [1.82, 2.24) is 9.80 Å². The van der Waals surface area contributed by atoms with E-state index in [1.807, 2.05) is 31.2 Å². The highest BCUT2D eigenvalue weighted by Gasteiger charge is 2.36. The fourth-order valence-electron chi connectivity index (χ4n) is 3.53. The van der Waals surface area contributed by atoms with Crippen LogP contribution in [0.1, 0.15) is 34.3 Å². The average Bonchev–Trinajstić information content (AvgIpc) is 2.76. The van der Waals surface area contributed by atoms with Crippen molar-refractivity contribution >= 4 is 11.8 Å². The lowest BCUT2D eigenvalue weighted by atomic mass is 10.1.